The molecule has 0 heterocycles. The maximum absolute atomic E-state index is 9.56. The van der Waals surface area contributed by atoms with Crippen LogP contribution in [0.5, 0.6) is 0 Å². The molecule has 2 rings (SSSR count). The molecule has 0 aromatic rings. The number of nitrogens with one attached hydrogen (secondary N) is 1. The summed E-state index contributed by atoms with van der Waals surface area (Å²) in [5, 5.41) is 17.2. The number of aliphatic hydroxyl groups excluding tert-OH is 1. The highest BCUT2D eigenvalue weighted by Crippen LogP contribution is 2.46. The molecule has 0 saturated heterocycles. The second kappa shape index (κ2) is 3.17. The van der Waals surface area contributed by atoms with E-state index in [2.05, 4.69) is 0 Å². The summed E-state index contributed by atoms with van der Waals surface area (Å²) >= 11 is 0. The molecule has 2 N–H and O–H groups in total. The van der Waals surface area contributed by atoms with Crippen LogP contribution in [0.2, 0.25) is 0 Å². The quantitative estimate of drug-likeness (QED) is 0.569. The Kier molecular flexibility index (Phi) is 2.18. The fourth-order valence-corrected chi connectivity index (χ4v) is 2.25. The van der Waals surface area contributed by atoms with Crippen LogP contribution in [0.3, 0.4) is 0 Å². The van der Waals surface area contributed by atoms with Crippen molar-refractivity contribution in [2.45, 2.75) is 44.6 Å². The summed E-state index contributed by atoms with van der Waals surface area (Å²) in [4.78, 5) is 0. The van der Waals surface area contributed by atoms with Crippen LogP contribution >= 0.6 is 0 Å². The zero-order valence-corrected chi connectivity index (χ0v) is 7.42. The van der Waals surface area contributed by atoms with Gasteiger partial charge in [-0.2, -0.15) is 0 Å². The second-order valence-corrected chi connectivity index (χ2v) is 4.33. The van der Waals surface area contributed by atoms with Gasteiger partial charge in [0, 0.05) is 5.71 Å². The van der Waals surface area contributed by atoms with Gasteiger partial charge in [-0.25, -0.2) is 0 Å². The van der Waals surface area contributed by atoms with Crippen LogP contribution in [-0.2, 0) is 0 Å². The number of fused-ring (bicyclic) bond motifs is 1. The van der Waals surface area contributed by atoms with Crippen molar-refractivity contribution in [2.75, 3.05) is 0 Å². The van der Waals surface area contributed by atoms with E-state index in [0.717, 1.165) is 43.2 Å². The molecule has 0 aromatic carbocycles. The highest BCUT2D eigenvalue weighted by molar-refractivity contribution is 5.81. The van der Waals surface area contributed by atoms with E-state index in [4.69, 9.17) is 5.41 Å². The Morgan fingerprint density at radius 1 is 1.08 bits per heavy atom. The number of hydrogen-bond donors (Lipinski definition) is 2. The first-order chi connectivity index (χ1) is 5.75. The highest BCUT2D eigenvalue weighted by atomic mass is 16.3. The minimum Gasteiger partial charge on any atom is -0.393 e. The Morgan fingerprint density at radius 3 is 2.67 bits per heavy atom. The Hall–Kier alpha value is -0.370. The first-order valence-corrected chi connectivity index (χ1v) is 5.00. The molecule has 0 spiro atoms. The summed E-state index contributed by atoms with van der Waals surface area (Å²) in [6.45, 7) is 0. The molecule has 3 atom stereocenters. The topological polar surface area (TPSA) is 44.1 Å². The molecule has 0 amide bonds. The predicted octanol–water partition coefficient (Wildman–Crippen LogP) is 1.97. The van der Waals surface area contributed by atoms with E-state index in [-0.39, 0.29) is 6.10 Å². The Bertz CT molecular complexity index is 186. The average molecular weight is 167 g/mol. The van der Waals surface area contributed by atoms with Crippen molar-refractivity contribution in [1.29, 1.82) is 5.41 Å². The fourth-order valence-electron chi connectivity index (χ4n) is 2.25. The standard InChI is InChI=1S/C10H17NO/c11-9-2-1-7-5-8(7)6-10(12)4-3-9/h7-8,10-12H,1-6H2. The Balaban J connectivity index is 1.91. The van der Waals surface area contributed by atoms with Gasteiger partial charge in [0.1, 0.15) is 0 Å². The van der Waals surface area contributed by atoms with Crippen LogP contribution in [0.25, 0.3) is 0 Å². The van der Waals surface area contributed by atoms with E-state index in [1.54, 1.807) is 0 Å². The fraction of sp³-hybridized carbons (Fsp3) is 0.900. The zero-order chi connectivity index (χ0) is 8.55. The van der Waals surface area contributed by atoms with Crippen LogP contribution in [0.1, 0.15) is 38.5 Å². The molecule has 0 bridgehead atoms. The lowest BCUT2D eigenvalue weighted by Gasteiger charge is -2.07. The van der Waals surface area contributed by atoms with Gasteiger partial charge in [0.15, 0.2) is 0 Å². The number of aliphatic hydroxyl groups is 1. The van der Waals surface area contributed by atoms with Crippen molar-refractivity contribution in [3.8, 4) is 0 Å². The van der Waals surface area contributed by atoms with Crippen molar-refractivity contribution >= 4 is 5.71 Å². The lowest BCUT2D eigenvalue weighted by atomic mass is 10.1. The monoisotopic (exact) mass is 167 g/mol. The van der Waals surface area contributed by atoms with Crippen molar-refractivity contribution in [3.63, 3.8) is 0 Å². The lowest BCUT2D eigenvalue weighted by Crippen LogP contribution is -2.09. The van der Waals surface area contributed by atoms with Crippen molar-refractivity contribution in [3.05, 3.63) is 0 Å². The SMILES string of the molecule is N=C1CCC(O)CC2CC2CC1. The van der Waals surface area contributed by atoms with E-state index in [1.807, 2.05) is 0 Å². The minimum absolute atomic E-state index is 0.126. The summed E-state index contributed by atoms with van der Waals surface area (Å²) in [7, 11) is 0. The first-order valence-electron chi connectivity index (χ1n) is 5.00. The molecule has 2 aliphatic rings. The summed E-state index contributed by atoms with van der Waals surface area (Å²) in [5.74, 6) is 1.64. The summed E-state index contributed by atoms with van der Waals surface area (Å²) < 4.78 is 0. The molecule has 2 heteroatoms. The smallest absolute Gasteiger partial charge is 0.0546 e. The predicted molar refractivity (Wildman–Crippen MR) is 48.4 cm³/mol. The molecule has 12 heavy (non-hydrogen) atoms. The van der Waals surface area contributed by atoms with Gasteiger partial charge >= 0.3 is 0 Å². The van der Waals surface area contributed by atoms with Gasteiger partial charge in [-0.1, -0.05) is 0 Å². The molecule has 2 nitrogen and oxygen atoms in total. The van der Waals surface area contributed by atoms with Crippen LogP contribution in [-0.4, -0.2) is 16.9 Å². The van der Waals surface area contributed by atoms with Crippen LogP contribution in [0.15, 0.2) is 0 Å². The molecule has 68 valence electrons. The third kappa shape index (κ3) is 1.86. The van der Waals surface area contributed by atoms with Gasteiger partial charge in [0.2, 0.25) is 0 Å². The van der Waals surface area contributed by atoms with Gasteiger partial charge in [0.25, 0.3) is 0 Å². The molecule has 0 radical (unpaired) electrons. The summed E-state index contributed by atoms with van der Waals surface area (Å²) in [6.07, 6.45) is 6.01. The molecule has 3 unspecified atom stereocenters. The third-order valence-electron chi connectivity index (χ3n) is 3.24. The van der Waals surface area contributed by atoms with Gasteiger partial charge < -0.3 is 10.5 Å². The second-order valence-electron chi connectivity index (χ2n) is 4.33. The third-order valence-corrected chi connectivity index (χ3v) is 3.24. The Morgan fingerprint density at radius 2 is 1.83 bits per heavy atom. The molecule has 2 saturated carbocycles. The van der Waals surface area contributed by atoms with Crippen LogP contribution in [0, 0.1) is 17.2 Å². The molecule has 2 aliphatic carbocycles. The van der Waals surface area contributed by atoms with E-state index >= 15 is 0 Å². The van der Waals surface area contributed by atoms with Gasteiger partial charge in [0.05, 0.1) is 6.10 Å². The van der Waals surface area contributed by atoms with E-state index < -0.39 is 0 Å². The van der Waals surface area contributed by atoms with Crippen LogP contribution in [0.4, 0.5) is 0 Å². The normalized spacial score (nSPS) is 42.4. The molecule has 2 fully saturated rings. The van der Waals surface area contributed by atoms with Gasteiger partial charge in [-0.3, -0.25) is 0 Å². The molecule has 0 aromatic heterocycles. The van der Waals surface area contributed by atoms with Gasteiger partial charge in [-0.15, -0.1) is 0 Å². The molecular formula is C10H17NO. The van der Waals surface area contributed by atoms with E-state index in [1.165, 1.54) is 12.8 Å². The van der Waals surface area contributed by atoms with Gasteiger partial charge in [-0.05, 0) is 50.4 Å². The van der Waals surface area contributed by atoms with Crippen molar-refractivity contribution < 1.29 is 5.11 Å². The minimum atomic E-state index is -0.126. The molecule has 0 aliphatic heterocycles. The largest absolute Gasteiger partial charge is 0.393 e. The highest BCUT2D eigenvalue weighted by Gasteiger charge is 2.38. The number of hydrogen-bond acceptors (Lipinski definition) is 2. The average Bonchev–Trinajstić information content (AvgIpc) is 2.75. The van der Waals surface area contributed by atoms with Crippen LogP contribution < -0.4 is 0 Å². The Labute approximate surface area is 73.5 Å². The van der Waals surface area contributed by atoms with E-state index in [0.29, 0.717) is 0 Å². The number of rotatable bonds is 0. The summed E-state index contributed by atoms with van der Waals surface area (Å²) in [5.41, 5.74) is 0.849. The molecular weight excluding hydrogens is 150 g/mol. The zero-order valence-electron chi connectivity index (χ0n) is 7.42. The van der Waals surface area contributed by atoms with Crippen molar-refractivity contribution in [2.24, 2.45) is 11.8 Å². The maximum atomic E-state index is 9.56. The maximum Gasteiger partial charge on any atom is 0.0546 e. The van der Waals surface area contributed by atoms with Crippen molar-refractivity contribution in [1.82, 2.24) is 0 Å². The first kappa shape index (κ1) is 8.24. The lowest BCUT2D eigenvalue weighted by molar-refractivity contribution is 0.149. The summed E-state index contributed by atoms with van der Waals surface area (Å²) in [6, 6.07) is 0. The van der Waals surface area contributed by atoms with E-state index in [9.17, 15) is 5.11 Å².